The molecule has 2 aromatic heterocycles. The second kappa shape index (κ2) is 5.59. The Hall–Kier alpha value is -1.94. The number of aryl methyl sites for hydroxylation is 1. The number of nitrogens with one attached hydrogen (secondary N) is 1. The van der Waals surface area contributed by atoms with Gasteiger partial charge in [-0.2, -0.15) is 0 Å². The van der Waals surface area contributed by atoms with Gasteiger partial charge in [0.15, 0.2) is 0 Å². The molecule has 102 valence electrons. The van der Waals surface area contributed by atoms with E-state index in [0.29, 0.717) is 0 Å². The van der Waals surface area contributed by atoms with Gasteiger partial charge in [-0.15, -0.1) is 11.3 Å². The molecule has 0 fully saturated rings. The van der Waals surface area contributed by atoms with E-state index in [1.807, 2.05) is 6.07 Å². The van der Waals surface area contributed by atoms with Gasteiger partial charge in [0.25, 0.3) is 0 Å². The average Bonchev–Trinajstić information content (AvgIpc) is 2.92. The lowest BCUT2D eigenvalue weighted by molar-refractivity contribution is 0.960. The molecule has 1 N–H and O–H groups in total. The highest BCUT2D eigenvalue weighted by atomic mass is 32.1. The number of anilines is 1. The summed E-state index contributed by atoms with van der Waals surface area (Å²) in [5, 5.41) is 6.69. The number of nitrogens with zero attached hydrogens (tertiary/aromatic N) is 2. The average molecular weight is 283 g/mol. The summed E-state index contributed by atoms with van der Waals surface area (Å²) in [5.41, 5.74) is 2.43. The number of hydrogen-bond acceptors (Lipinski definition) is 4. The van der Waals surface area contributed by atoms with Crippen LogP contribution >= 0.6 is 11.3 Å². The summed E-state index contributed by atoms with van der Waals surface area (Å²) in [6.07, 6.45) is 0.854. The molecule has 0 spiro atoms. The van der Waals surface area contributed by atoms with Crippen molar-refractivity contribution in [2.45, 2.75) is 20.3 Å². The van der Waals surface area contributed by atoms with Crippen molar-refractivity contribution in [2.75, 3.05) is 11.9 Å². The van der Waals surface area contributed by atoms with Crippen LogP contribution in [-0.4, -0.2) is 16.5 Å². The summed E-state index contributed by atoms with van der Waals surface area (Å²) in [5.74, 6) is 1.85. The third kappa shape index (κ3) is 2.27. The maximum Gasteiger partial charge on any atom is 0.139 e. The molecule has 2 heterocycles. The van der Waals surface area contributed by atoms with Gasteiger partial charge in [0.1, 0.15) is 16.5 Å². The van der Waals surface area contributed by atoms with Crippen LogP contribution in [0.15, 0.2) is 35.7 Å². The molecule has 1 aromatic carbocycles. The van der Waals surface area contributed by atoms with Crippen LogP contribution in [-0.2, 0) is 6.42 Å². The lowest BCUT2D eigenvalue weighted by Crippen LogP contribution is -2.03. The largest absolute Gasteiger partial charge is 0.370 e. The molecule has 0 saturated heterocycles. The monoisotopic (exact) mass is 283 g/mol. The molecular weight excluding hydrogens is 266 g/mol. The van der Waals surface area contributed by atoms with Crippen LogP contribution in [0.2, 0.25) is 0 Å². The quantitative estimate of drug-likeness (QED) is 0.773. The summed E-state index contributed by atoms with van der Waals surface area (Å²) < 4.78 is 0. The number of hydrogen-bond donors (Lipinski definition) is 1. The Morgan fingerprint density at radius 3 is 2.60 bits per heavy atom. The van der Waals surface area contributed by atoms with E-state index in [1.165, 1.54) is 11.1 Å². The minimum absolute atomic E-state index is 0.854. The van der Waals surface area contributed by atoms with E-state index in [9.17, 15) is 0 Å². The molecule has 0 atom stereocenters. The molecule has 0 saturated carbocycles. The van der Waals surface area contributed by atoms with E-state index >= 15 is 0 Å². The highest BCUT2D eigenvalue weighted by Crippen LogP contribution is 2.36. The zero-order chi connectivity index (χ0) is 13.9. The molecule has 0 amide bonds. The second-order valence-electron chi connectivity index (χ2n) is 4.57. The molecule has 3 aromatic rings. The Bertz CT molecular complexity index is 719. The maximum atomic E-state index is 4.65. The summed E-state index contributed by atoms with van der Waals surface area (Å²) in [7, 11) is 0. The number of fused-ring (bicyclic) bond motifs is 1. The zero-order valence-corrected chi connectivity index (χ0v) is 12.5. The molecule has 0 aliphatic heterocycles. The van der Waals surface area contributed by atoms with Gasteiger partial charge >= 0.3 is 0 Å². The smallest absolute Gasteiger partial charge is 0.139 e. The first-order valence-corrected chi connectivity index (χ1v) is 7.78. The van der Waals surface area contributed by atoms with Crippen LogP contribution in [0, 0.1) is 0 Å². The fourth-order valence-electron chi connectivity index (χ4n) is 2.27. The van der Waals surface area contributed by atoms with Crippen LogP contribution in [0.3, 0.4) is 0 Å². The lowest BCUT2D eigenvalue weighted by atomic mass is 10.1. The van der Waals surface area contributed by atoms with Gasteiger partial charge in [-0.1, -0.05) is 37.3 Å². The van der Waals surface area contributed by atoms with Gasteiger partial charge in [-0.25, -0.2) is 9.97 Å². The third-order valence-electron chi connectivity index (χ3n) is 3.23. The molecule has 0 aliphatic carbocycles. The molecule has 3 nitrogen and oxygen atoms in total. The Kier molecular flexibility index (Phi) is 3.65. The number of thiophene rings is 1. The zero-order valence-electron chi connectivity index (χ0n) is 11.7. The van der Waals surface area contributed by atoms with Gasteiger partial charge in [0.05, 0.1) is 5.39 Å². The predicted molar refractivity (Wildman–Crippen MR) is 86.4 cm³/mol. The Labute approximate surface area is 122 Å². The molecular formula is C16H17N3S. The highest BCUT2D eigenvalue weighted by molar-refractivity contribution is 7.17. The van der Waals surface area contributed by atoms with E-state index < -0.39 is 0 Å². The normalized spacial score (nSPS) is 10.9. The summed E-state index contributed by atoms with van der Waals surface area (Å²) in [6.45, 7) is 5.04. The topological polar surface area (TPSA) is 37.8 Å². The van der Waals surface area contributed by atoms with E-state index in [-0.39, 0.29) is 0 Å². The lowest BCUT2D eigenvalue weighted by Gasteiger charge is -2.08. The SMILES string of the molecule is CCNc1nc(CC)nc2scc(-c3ccccc3)c12. The van der Waals surface area contributed by atoms with Crippen LogP contribution in [0.1, 0.15) is 19.7 Å². The first kappa shape index (κ1) is 13.1. The van der Waals surface area contributed by atoms with Gasteiger partial charge in [0.2, 0.25) is 0 Å². The van der Waals surface area contributed by atoms with Gasteiger partial charge in [-0.3, -0.25) is 0 Å². The van der Waals surface area contributed by atoms with Crippen LogP contribution < -0.4 is 5.32 Å². The van der Waals surface area contributed by atoms with Gasteiger partial charge < -0.3 is 5.32 Å². The fraction of sp³-hybridized carbons (Fsp3) is 0.250. The van der Waals surface area contributed by atoms with Crippen molar-refractivity contribution in [3.05, 3.63) is 41.5 Å². The number of aromatic nitrogens is 2. The molecule has 4 heteroatoms. The van der Waals surface area contributed by atoms with Crippen LogP contribution in [0.5, 0.6) is 0 Å². The van der Waals surface area contributed by atoms with Crippen LogP contribution in [0.25, 0.3) is 21.3 Å². The van der Waals surface area contributed by atoms with Crippen molar-refractivity contribution in [1.82, 2.24) is 9.97 Å². The Morgan fingerprint density at radius 2 is 1.90 bits per heavy atom. The van der Waals surface area contributed by atoms with E-state index in [2.05, 4.69) is 58.8 Å². The number of benzene rings is 1. The molecule has 0 radical (unpaired) electrons. The first-order chi connectivity index (χ1) is 9.83. The van der Waals surface area contributed by atoms with Crippen molar-refractivity contribution < 1.29 is 0 Å². The molecule has 3 rings (SSSR count). The van der Waals surface area contributed by atoms with Crippen molar-refractivity contribution in [3.8, 4) is 11.1 Å². The van der Waals surface area contributed by atoms with E-state index in [0.717, 1.165) is 34.8 Å². The minimum atomic E-state index is 0.854. The van der Waals surface area contributed by atoms with Gasteiger partial charge in [-0.05, 0) is 12.5 Å². The fourth-order valence-corrected chi connectivity index (χ4v) is 3.24. The Morgan fingerprint density at radius 1 is 1.10 bits per heavy atom. The van der Waals surface area contributed by atoms with Crippen LogP contribution in [0.4, 0.5) is 5.82 Å². The predicted octanol–water partition coefficient (Wildman–Crippen LogP) is 4.35. The highest BCUT2D eigenvalue weighted by Gasteiger charge is 2.14. The van der Waals surface area contributed by atoms with Crippen molar-refractivity contribution in [3.63, 3.8) is 0 Å². The first-order valence-electron chi connectivity index (χ1n) is 6.90. The summed E-state index contributed by atoms with van der Waals surface area (Å²) in [6, 6.07) is 10.4. The second-order valence-corrected chi connectivity index (χ2v) is 5.43. The van der Waals surface area contributed by atoms with Gasteiger partial charge in [0, 0.05) is 23.9 Å². The maximum absolute atomic E-state index is 4.65. The van der Waals surface area contributed by atoms with Crippen molar-refractivity contribution >= 4 is 27.4 Å². The van der Waals surface area contributed by atoms with Crippen molar-refractivity contribution in [1.29, 1.82) is 0 Å². The Balaban J connectivity index is 2.24. The van der Waals surface area contributed by atoms with Crippen molar-refractivity contribution in [2.24, 2.45) is 0 Å². The van der Waals surface area contributed by atoms with E-state index in [4.69, 9.17) is 0 Å². The molecule has 0 unspecified atom stereocenters. The third-order valence-corrected chi connectivity index (χ3v) is 4.10. The molecule has 0 aliphatic rings. The summed E-state index contributed by atoms with van der Waals surface area (Å²) in [4.78, 5) is 10.4. The minimum Gasteiger partial charge on any atom is -0.370 e. The summed E-state index contributed by atoms with van der Waals surface area (Å²) >= 11 is 1.69. The number of rotatable bonds is 4. The molecule has 20 heavy (non-hydrogen) atoms. The van der Waals surface area contributed by atoms with E-state index in [1.54, 1.807) is 11.3 Å². The molecule has 0 bridgehead atoms. The standard InChI is InChI=1S/C16H17N3S/c1-3-13-18-15(17-4-2)14-12(10-20-16(14)19-13)11-8-6-5-7-9-11/h5-10H,3-4H2,1-2H3,(H,17,18,19).